The van der Waals surface area contributed by atoms with Crippen LogP contribution in [-0.2, 0) is 6.54 Å². The van der Waals surface area contributed by atoms with E-state index in [-0.39, 0.29) is 6.61 Å². The average molecular weight is 154 g/mol. The van der Waals surface area contributed by atoms with Crippen LogP contribution in [0.1, 0.15) is 16.1 Å². The summed E-state index contributed by atoms with van der Waals surface area (Å²) in [6.07, 6.45) is 2.38. The first-order chi connectivity index (χ1) is 5.27. The molecule has 1 N–H and O–H groups in total. The van der Waals surface area contributed by atoms with Crippen molar-refractivity contribution in [3.63, 3.8) is 0 Å². The van der Waals surface area contributed by atoms with Gasteiger partial charge in [0.15, 0.2) is 6.29 Å². The van der Waals surface area contributed by atoms with Gasteiger partial charge in [-0.2, -0.15) is 5.10 Å². The first kappa shape index (κ1) is 7.94. The van der Waals surface area contributed by atoms with Gasteiger partial charge in [-0.15, -0.1) is 0 Å². The van der Waals surface area contributed by atoms with Gasteiger partial charge in [0, 0.05) is 6.20 Å². The molecule has 0 unspecified atom stereocenters. The largest absolute Gasteiger partial charge is 0.394 e. The van der Waals surface area contributed by atoms with Crippen molar-refractivity contribution in [1.29, 1.82) is 0 Å². The SMILES string of the molecule is Cc1nn(CCO)cc1C=O. The molecule has 0 atom stereocenters. The third-order valence-electron chi connectivity index (χ3n) is 1.44. The van der Waals surface area contributed by atoms with Crippen LogP contribution in [0.25, 0.3) is 0 Å². The third-order valence-corrected chi connectivity index (χ3v) is 1.44. The lowest BCUT2D eigenvalue weighted by Gasteiger charge is -1.93. The van der Waals surface area contributed by atoms with Crippen LogP contribution in [0.15, 0.2) is 6.20 Å². The van der Waals surface area contributed by atoms with Crippen LogP contribution in [0.3, 0.4) is 0 Å². The number of aryl methyl sites for hydroxylation is 1. The maximum absolute atomic E-state index is 10.3. The molecular formula is C7H10N2O2. The highest BCUT2D eigenvalue weighted by Gasteiger charge is 2.01. The van der Waals surface area contributed by atoms with Crippen LogP contribution in [0.4, 0.5) is 0 Å². The fraction of sp³-hybridized carbons (Fsp3) is 0.429. The molecule has 4 heteroatoms. The van der Waals surface area contributed by atoms with E-state index in [1.165, 1.54) is 0 Å². The number of hydrogen-bond acceptors (Lipinski definition) is 3. The zero-order chi connectivity index (χ0) is 8.27. The number of aldehydes is 1. The molecule has 60 valence electrons. The summed E-state index contributed by atoms with van der Waals surface area (Å²) in [4.78, 5) is 10.3. The minimum atomic E-state index is 0.0411. The molecule has 0 bridgehead atoms. The molecule has 1 aromatic rings. The number of carbonyl (C=O) groups excluding carboxylic acids is 1. The van der Waals surface area contributed by atoms with Crippen LogP contribution < -0.4 is 0 Å². The quantitative estimate of drug-likeness (QED) is 0.623. The Balaban J connectivity index is 2.86. The van der Waals surface area contributed by atoms with Gasteiger partial charge in [0.05, 0.1) is 24.4 Å². The predicted molar refractivity (Wildman–Crippen MR) is 39.4 cm³/mol. The minimum absolute atomic E-state index is 0.0411. The van der Waals surface area contributed by atoms with Crippen molar-refractivity contribution in [2.45, 2.75) is 13.5 Å². The normalized spacial score (nSPS) is 10.0. The maximum atomic E-state index is 10.3. The van der Waals surface area contributed by atoms with E-state index < -0.39 is 0 Å². The van der Waals surface area contributed by atoms with Gasteiger partial charge < -0.3 is 5.11 Å². The Hall–Kier alpha value is -1.16. The second-order valence-corrected chi connectivity index (χ2v) is 2.27. The second-order valence-electron chi connectivity index (χ2n) is 2.27. The summed E-state index contributed by atoms with van der Waals surface area (Å²) in [5.74, 6) is 0. The Morgan fingerprint density at radius 1 is 1.82 bits per heavy atom. The molecule has 0 aliphatic heterocycles. The Morgan fingerprint density at radius 3 is 3.00 bits per heavy atom. The first-order valence-corrected chi connectivity index (χ1v) is 3.38. The van der Waals surface area contributed by atoms with E-state index in [1.54, 1.807) is 17.8 Å². The van der Waals surface area contributed by atoms with Crippen molar-refractivity contribution in [1.82, 2.24) is 9.78 Å². The number of aliphatic hydroxyl groups excluding tert-OH is 1. The number of carbonyl (C=O) groups is 1. The van der Waals surface area contributed by atoms with E-state index in [9.17, 15) is 4.79 Å². The molecule has 0 saturated carbocycles. The molecule has 0 spiro atoms. The summed E-state index contributed by atoms with van der Waals surface area (Å²) < 4.78 is 1.55. The van der Waals surface area contributed by atoms with Gasteiger partial charge in [-0.25, -0.2) is 0 Å². The fourth-order valence-electron chi connectivity index (χ4n) is 0.866. The lowest BCUT2D eigenvalue weighted by atomic mass is 10.3. The van der Waals surface area contributed by atoms with Crippen LogP contribution in [0, 0.1) is 6.92 Å². The van der Waals surface area contributed by atoms with Crippen molar-refractivity contribution in [3.8, 4) is 0 Å². The average Bonchev–Trinajstić information content (AvgIpc) is 2.32. The smallest absolute Gasteiger partial charge is 0.153 e. The number of rotatable bonds is 3. The molecule has 0 aliphatic rings. The van der Waals surface area contributed by atoms with Crippen molar-refractivity contribution in [2.24, 2.45) is 0 Å². The monoisotopic (exact) mass is 154 g/mol. The molecular weight excluding hydrogens is 144 g/mol. The number of aliphatic hydroxyl groups is 1. The summed E-state index contributed by atoms with van der Waals surface area (Å²) in [7, 11) is 0. The van der Waals surface area contributed by atoms with Gasteiger partial charge in [0.1, 0.15) is 0 Å². The van der Waals surface area contributed by atoms with Crippen LogP contribution in [0.2, 0.25) is 0 Å². The van der Waals surface area contributed by atoms with E-state index in [0.29, 0.717) is 17.8 Å². The molecule has 1 aromatic heterocycles. The highest BCUT2D eigenvalue weighted by molar-refractivity contribution is 5.75. The van der Waals surface area contributed by atoms with Gasteiger partial charge in [-0.1, -0.05) is 0 Å². The standard InChI is InChI=1S/C7H10N2O2/c1-6-7(5-11)4-9(8-6)2-3-10/h4-5,10H,2-3H2,1H3. The van der Waals surface area contributed by atoms with E-state index in [2.05, 4.69) is 5.10 Å². The summed E-state index contributed by atoms with van der Waals surface area (Å²) in [6, 6.07) is 0. The fourth-order valence-corrected chi connectivity index (χ4v) is 0.866. The molecule has 11 heavy (non-hydrogen) atoms. The predicted octanol–water partition coefficient (Wildman–Crippen LogP) is -0.00368. The van der Waals surface area contributed by atoms with Gasteiger partial charge in [0.2, 0.25) is 0 Å². The molecule has 0 amide bonds. The van der Waals surface area contributed by atoms with Crippen LogP contribution in [0.5, 0.6) is 0 Å². The minimum Gasteiger partial charge on any atom is -0.394 e. The van der Waals surface area contributed by atoms with Gasteiger partial charge >= 0.3 is 0 Å². The highest BCUT2D eigenvalue weighted by atomic mass is 16.3. The van der Waals surface area contributed by atoms with Crippen LogP contribution >= 0.6 is 0 Å². The van der Waals surface area contributed by atoms with Crippen LogP contribution in [-0.4, -0.2) is 27.8 Å². The molecule has 4 nitrogen and oxygen atoms in total. The highest BCUT2D eigenvalue weighted by Crippen LogP contribution is 2.00. The summed E-state index contributed by atoms with van der Waals surface area (Å²) in [5, 5.41) is 12.5. The zero-order valence-electron chi connectivity index (χ0n) is 6.32. The topological polar surface area (TPSA) is 55.1 Å². The van der Waals surface area contributed by atoms with Crippen molar-refractivity contribution in [3.05, 3.63) is 17.5 Å². The molecule has 0 radical (unpaired) electrons. The molecule has 0 saturated heterocycles. The van der Waals surface area contributed by atoms with E-state index in [0.717, 1.165) is 6.29 Å². The maximum Gasteiger partial charge on any atom is 0.153 e. The molecule has 0 fully saturated rings. The van der Waals surface area contributed by atoms with Gasteiger partial charge in [0.25, 0.3) is 0 Å². The summed E-state index contributed by atoms with van der Waals surface area (Å²) in [6.45, 7) is 2.24. The third kappa shape index (κ3) is 1.65. The summed E-state index contributed by atoms with van der Waals surface area (Å²) in [5.41, 5.74) is 1.28. The van der Waals surface area contributed by atoms with E-state index in [1.807, 2.05) is 0 Å². The number of hydrogen-bond donors (Lipinski definition) is 1. The first-order valence-electron chi connectivity index (χ1n) is 3.38. The van der Waals surface area contributed by atoms with E-state index >= 15 is 0 Å². The zero-order valence-corrected chi connectivity index (χ0v) is 6.32. The molecule has 0 aliphatic carbocycles. The Labute approximate surface area is 64.5 Å². The van der Waals surface area contributed by atoms with Crippen molar-refractivity contribution < 1.29 is 9.90 Å². The van der Waals surface area contributed by atoms with E-state index in [4.69, 9.17) is 5.11 Å². The van der Waals surface area contributed by atoms with Crippen molar-refractivity contribution >= 4 is 6.29 Å². The van der Waals surface area contributed by atoms with Crippen molar-refractivity contribution in [2.75, 3.05) is 6.61 Å². The lowest BCUT2D eigenvalue weighted by molar-refractivity contribution is 0.112. The molecule has 1 rings (SSSR count). The molecule has 1 heterocycles. The second kappa shape index (κ2) is 3.30. The lowest BCUT2D eigenvalue weighted by Crippen LogP contribution is -2.02. The number of nitrogens with zero attached hydrogens (tertiary/aromatic N) is 2. The Bertz CT molecular complexity index is 255. The Kier molecular flexibility index (Phi) is 2.38. The summed E-state index contributed by atoms with van der Waals surface area (Å²) >= 11 is 0. The number of aromatic nitrogens is 2. The van der Waals surface area contributed by atoms with Gasteiger partial charge in [-0.05, 0) is 6.92 Å². The molecule has 0 aromatic carbocycles. The Morgan fingerprint density at radius 2 is 2.55 bits per heavy atom. The van der Waals surface area contributed by atoms with Gasteiger partial charge in [-0.3, -0.25) is 9.48 Å².